The molecule has 1 saturated heterocycles. The van der Waals surface area contributed by atoms with Crippen LogP contribution in [0, 0.1) is 6.92 Å². The van der Waals surface area contributed by atoms with Crippen LogP contribution in [0.1, 0.15) is 16.7 Å². The fourth-order valence-corrected chi connectivity index (χ4v) is 2.96. The maximum absolute atomic E-state index is 12.4. The number of aromatic nitrogens is 1. The number of benzene rings is 1. The molecule has 0 spiro atoms. The summed E-state index contributed by atoms with van der Waals surface area (Å²) in [6.45, 7) is 2.30. The number of amides is 2. The summed E-state index contributed by atoms with van der Waals surface area (Å²) < 4.78 is 0. The maximum atomic E-state index is 12.4. The van der Waals surface area contributed by atoms with Crippen molar-refractivity contribution in [3.8, 4) is 0 Å². The average Bonchev–Trinajstić information content (AvgIpc) is 2.78. The predicted octanol–water partition coefficient (Wildman–Crippen LogP) is 3.63. The molecule has 1 aromatic heterocycles. The molecule has 4 nitrogen and oxygen atoms in total. The Hall–Kier alpha value is -2.40. The van der Waals surface area contributed by atoms with Crippen molar-refractivity contribution in [2.45, 2.75) is 13.5 Å². The Balaban J connectivity index is 1.80. The van der Waals surface area contributed by atoms with Gasteiger partial charge in [-0.1, -0.05) is 35.9 Å². The van der Waals surface area contributed by atoms with Gasteiger partial charge in [0.2, 0.25) is 0 Å². The normalized spacial score (nSPS) is 16.6. The summed E-state index contributed by atoms with van der Waals surface area (Å²) in [4.78, 5) is 30.2. The molecule has 22 heavy (non-hydrogen) atoms. The number of rotatable bonds is 3. The van der Waals surface area contributed by atoms with Crippen LogP contribution < -0.4 is 0 Å². The first-order valence-electron chi connectivity index (χ1n) is 6.84. The quantitative estimate of drug-likeness (QED) is 0.812. The number of imide groups is 1. The lowest BCUT2D eigenvalue weighted by Crippen LogP contribution is -2.27. The van der Waals surface area contributed by atoms with E-state index < -0.39 is 0 Å². The molecule has 0 bridgehead atoms. The fraction of sp³-hybridized carbons (Fsp3) is 0.118. The summed E-state index contributed by atoms with van der Waals surface area (Å²) in [7, 11) is 0. The van der Waals surface area contributed by atoms with Gasteiger partial charge < -0.3 is 0 Å². The van der Waals surface area contributed by atoms with Gasteiger partial charge in [0, 0.05) is 12.4 Å². The minimum absolute atomic E-state index is 0.235. The molecule has 0 aliphatic carbocycles. The highest BCUT2D eigenvalue weighted by Gasteiger charge is 2.34. The van der Waals surface area contributed by atoms with Gasteiger partial charge in [0.1, 0.15) is 0 Å². The molecular weight excluding hydrogens is 296 g/mol. The summed E-state index contributed by atoms with van der Waals surface area (Å²) in [6, 6.07) is 11.5. The summed E-state index contributed by atoms with van der Waals surface area (Å²) in [5.41, 5.74) is 2.90. The molecule has 1 fully saturated rings. The van der Waals surface area contributed by atoms with Crippen LogP contribution in [0.25, 0.3) is 6.08 Å². The molecule has 1 aliphatic heterocycles. The monoisotopic (exact) mass is 310 g/mol. The Morgan fingerprint density at radius 3 is 2.64 bits per heavy atom. The summed E-state index contributed by atoms with van der Waals surface area (Å²) >= 11 is 0.970. The SMILES string of the molecule is Cc1ccc(CN2C(=O)S/C(=C/c3cccnc3)C2=O)cc1. The van der Waals surface area contributed by atoms with Gasteiger partial charge >= 0.3 is 0 Å². The first kappa shape index (κ1) is 14.5. The van der Waals surface area contributed by atoms with E-state index in [1.165, 1.54) is 4.90 Å². The first-order valence-corrected chi connectivity index (χ1v) is 7.66. The third-order valence-corrected chi connectivity index (χ3v) is 4.22. The molecule has 110 valence electrons. The van der Waals surface area contributed by atoms with Crippen molar-refractivity contribution in [1.82, 2.24) is 9.88 Å². The molecule has 0 radical (unpaired) electrons. The second-order valence-electron chi connectivity index (χ2n) is 5.04. The Morgan fingerprint density at radius 1 is 1.18 bits per heavy atom. The standard InChI is InChI=1S/C17H14N2O2S/c1-12-4-6-13(7-5-12)11-19-16(20)15(22-17(19)21)9-14-3-2-8-18-10-14/h2-10H,11H2,1H3/b15-9+. The molecule has 0 N–H and O–H groups in total. The highest BCUT2D eigenvalue weighted by Crippen LogP contribution is 2.33. The largest absolute Gasteiger partial charge is 0.293 e. The van der Waals surface area contributed by atoms with Crippen LogP contribution in [-0.2, 0) is 11.3 Å². The number of carbonyl (C=O) groups excluding carboxylic acids is 2. The summed E-state index contributed by atoms with van der Waals surface area (Å²) in [6.07, 6.45) is 5.03. The highest BCUT2D eigenvalue weighted by molar-refractivity contribution is 8.18. The molecule has 0 unspecified atom stereocenters. The van der Waals surface area contributed by atoms with E-state index in [0.29, 0.717) is 11.4 Å². The third-order valence-electron chi connectivity index (χ3n) is 3.32. The van der Waals surface area contributed by atoms with Gasteiger partial charge in [0.15, 0.2) is 0 Å². The van der Waals surface area contributed by atoms with E-state index in [-0.39, 0.29) is 11.1 Å². The molecule has 1 aromatic carbocycles. The third kappa shape index (κ3) is 3.09. The van der Waals surface area contributed by atoms with E-state index in [9.17, 15) is 9.59 Å². The molecule has 0 saturated carbocycles. The number of hydrogen-bond donors (Lipinski definition) is 0. The van der Waals surface area contributed by atoms with E-state index in [1.807, 2.05) is 37.3 Å². The zero-order valence-electron chi connectivity index (χ0n) is 12.0. The van der Waals surface area contributed by atoms with Crippen molar-refractivity contribution in [1.29, 1.82) is 0 Å². The van der Waals surface area contributed by atoms with Crippen molar-refractivity contribution < 1.29 is 9.59 Å². The number of nitrogens with zero attached hydrogens (tertiary/aromatic N) is 2. The van der Waals surface area contributed by atoms with Gasteiger partial charge in [-0.15, -0.1) is 0 Å². The zero-order chi connectivity index (χ0) is 15.5. The molecule has 2 aromatic rings. The van der Waals surface area contributed by atoms with Crippen molar-refractivity contribution in [2.24, 2.45) is 0 Å². The van der Waals surface area contributed by atoms with Crippen LogP contribution in [-0.4, -0.2) is 21.0 Å². The number of thioether (sulfide) groups is 1. The van der Waals surface area contributed by atoms with E-state index >= 15 is 0 Å². The molecule has 1 aliphatic rings. The lowest BCUT2D eigenvalue weighted by Gasteiger charge is -2.12. The van der Waals surface area contributed by atoms with Crippen molar-refractivity contribution in [3.63, 3.8) is 0 Å². The zero-order valence-corrected chi connectivity index (χ0v) is 12.8. The van der Waals surface area contributed by atoms with Crippen LogP contribution in [0.5, 0.6) is 0 Å². The van der Waals surface area contributed by atoms with Crippen LogP contribution in [0.15, 0.2) is 53.7 Å². The van der Waals surface area contributed by atoms with Crippen molar-refractivity contribution in [3.05, 3.63) is 70.4 Å². The number of aryl methyl sites for hydroxylation is 1. The smallest absolute Gasteiger partial charge is 0.268 e. The Morgan fingerprint density at radius 2 is 1.95 bits per heavy atom. The van der Waals surface area contributed by atoms with Gasteiger partial charge in [-0.25, -0.2) is 0 Å². The minimum atomic E-state index is -0.251. The van der Waals surface area contributed by atoms with Gasteiger partial charge in [-0.2, -0.15) is 0 Å². The van der Waals surface area contributed by atoms with Crippen LogP contribution in [0.4, 0.5) is 4.79 Å². The van der Waals surface area contributed by atoms with Crippen LogP contribution >= 0.6 is 11.8 Å². The lowest BCUT2D eigenvalue weighted by atomic mass is 10.1. The molecule has 0 atom stereocenters. The Labute approximate surface area is 132 Å². The van der Waals surface area contributed by atoms with Gasteiger partial charge in [-0.3, -0.25) is 19.5 Å². The Bertz CT molecular complexity index is 739. The van der Waals surface area contributed by atoms with Gasteiger partial charge in [-0.05, 0) is 42.0 Å². The molecule has 3 rings (SSSR count). The lowest BCUT2D eigenvalue weighted by molar-refractivity contribution is -0.123. The number of carbonyl (C=O) groups is 2. The molecule has 2 amide bonds. The second kappa shape index (κ2) is 6.15. The van der Waals surface area contributed by atoms with E-state index in [4.69, 9.17) is 0 Å². The van der Waals surface area contributed by atoms with Crippen molar-refractivity contribution >= 4 is 29.0 Å². The minimum Gasteiger partial charge on any atom is -0.268 e. The van der Waals surface area contributed by atoms with Gasteiger partial charge in [0.25, 0.3) is 11.1 Å². The van der Waals surface area contributed by atoms with E-state index in [1.54, 1.807) is 24.5 Å². The second-order valence-corrected chi connectivity index (χ2v) is 6.03. The van der Waals surface area contributed by atoms with Crippen molar-refractivity contribution in [2.75, 3.05) is 0 Å². The summed E-state index contributed by atoms with van der Waals surface area (Å²) in [5, 5.41) is -0.235. The maximum Gasteiger partial charge on any atom is 0.293 e. The average molecular weight is 310 g/mol. The van der Waals surface area contributed by atoms with Crippen LogP contribution in [0.3, 0.4) is 0 Å². The highest BCUT2D eigenvalue weighted by atomic mass is 32.2. The topological polar surface area (TPSA) is 50.3 Å². The predicted molar refractivity (Wildman–Crippen MR) is 86.9 cm³/mol. The fourth-order valence-electron chi connectivity index (χ4n) is 2.13. The molecule has 5 heteroatoms. The number of hydrogen-bond acceptors (Lipinski definition) is 4. The van der Waals surface area contributed by atoms with E-state index in [0.717, 1.165) is 28.5 Å². The first-order chi connectivity index (χ1) is 10.6. The number of pyridine rings is 1. The summed E-state index contributed by atoms with van der Waals surface area (Å²) in [5.74, 6) is -0.251. The van der Waals surface area contributed by atoms with Crippen LogP contribution in [0.2, 0.25) is 0 Å². The molecule has 2 heterocycles. The van der Waals surface area contributed by atoms with E-state index in [2.05, 4.69) is 4.98 Å². The molecular formula is C17H14N2O2S. The van der Waals surface area contributed by atoms with Gasteiger partial charge in [0.05, 0.1) is 11.4 Å². The Kier molecular flexibility index (Phi) is 4.06.